The average molecular weight is 360 g/mol. The molecular weight excluding hydrogens is 334 g/mol. The van der Waals surface area contributed by atoms with Crippen LogP contribution in [-0.4, -0.2) is 25.7 Å². The Balaban J connectivity index is 0. The maximum absolute atomic E-state index is 9.75. The highest BCUT2D eigenvalue weighted by atomic mass is 31.2. The molecule has 0 atom stereocenters. The van der Waals surface area contributed by atoms with Crippen molar-refractivity contribution < 1.29 is 17.3 Å². The lowest BCUT2D eigenvalue weighted by atomic mass is 10.2. The van der Waals surface area contributed by atoms with Gasteiger partial charge in [0.1, 0.15) is 0 Å². The van der Waals surface area contributed by atoms with Gasteiger partial charge >= 0.3 is 7.25 Å². The predicted octanol–water partition coefficient (Wildman–Crippen LogP) is 6.86. The summed E-state index contributed by atoms with van der Waals surface area (Å²) in [5, 5.41) is 0. The number of halogens is 4. The topological polar surface area (TPSA) is 0 Å². The van der Waals surface area contributed by atoms with E-state index in [0.717, 1.165) is 24.6 Å². The molecule has 134 valence electrons. The summed E-state index contributed by atoms with van der Waals surface area (Å²) in [5.74, 6) is 0. The number of hydrogen-bond donors (Lipinski definition) is 0. The zero-order chi connectivity index (χ0) is 19.1. The first-order valence-electron chi connectivity index (χ1n) is 7.35. The van der Waals surface area contributed by atoms with E-state index in [0.29, 0.717) is 0 Å². The Kier molecular flexibility index (Phi) is 14.2. The quantitative estimate of drug-likeness (QED) is 0.206. The van der Waals surface area contributed by atoms with Crippen LogP contribution in [0.15, 0.2) is 81.5 Å². The van der Waals surface area contributed by atoms with Crippen molar-refractivity contribution in [1.82, 2.24) is 0 Å². The molecule has 6 heteroatoms. The second kappa shape index (κ2) is 13.8. The summed E-state index contributed by atoms with van der Waals surface area (Å²) in [6, 6.07) is 10.7. The van der Waals surface area contributed by atoms with Gasteiger partial charge in [-0.1, -0.05) is 68.3 Å². The van der Waals surface area contributed by atoms with Crippen LogP contribution in [-0.2, 0) is 6.16 Å². The van der Waals surface area contributed by atoms with Gasteiger partial charge in [-0.15, -0.1) is 13.2 Å². The molecule has 0 saturated carbocycles. The fourth-order valence-corrected chi connectivity index (χ4v) is 5.67. The molecule has 0 N–H and O–H groups in total. The van der Waals surface area contributed by atoms with Gasteiger partial charge in [0, 0.05) is 7.26 Å². The van der Waals surface area contributed by atoms with E-state index >= 15 is 0 Å². The molecule has 0 saturated heterocycles. The van der Waals surface area contributed by atoms with Crippen LogP contribution in [0.3, 0.4) is 0 Å². The molecule has 0 fully saturated rings. The second-order valence-corrected chi connectivity index (χ2v) is 8.99. The van der Waals surface area contributed by atoms with E-state index in [4.69, 9.17) is 0 Å². The highest BCUT2D eigenvalue weighted by molar-refractivity contribution is 7.75. The minimum absolute atomic E-state index is 1.07. The monoisotopic (exact) mass is 360 g/mol. The van der Waals surface area contributed by atoms with Crippen LogP contribution in [0.25, 0.3) is 0 Å². The van der Waals surface area contributed by atoms with Crippen molar-refractivity contribution >= 4 is 14.5 Å². The Morgan fingerprint density at radius 3 is 1.42 bits per heavy atom. The van der Waals surface area contributed by atoms with E-state index in [1.54, 1.807) is 0 Å². The molecule has 0 radical (unpaired) electrons. The lowest BCUT2D eigenvalue weighted by molar-refractivity contribution is 0.368. The van der Waals surface area contributed by atoms with Crippen molar-refractivity contribution in [3.05, 3.63) is 87.0 Å². The average Bonchev–Trinajstić information content (AvgIpc) is 2.49. The number of benzene rings is 1. The summed E-state index contributed by atoms with van der Waals surface area (Å²) in [4.78, 5) is 0. The molecule has 0 spiro atoms. The van der Waals surface area contributed by atoms with E-state index in [1.165, 1.54) is 5.56 Å². The van der Waals surface area contributed by atoms with Gasteiger partial charge in [0.15, 0.2) is 0 Å². The summed E-state index contributed by atoms with van der Waals surface area (Å²) in [7, 11) is -7.07. The Morgan fingerprint density at radius 1 is 0.792 bits per heavy atom. The van der Waals surface area contributed by atoms with E-state index < -0.39 is 14.5 Å². The first kappa shape index (κ1) is 24.6. The van der Waals surface area contributed by atoms with Gasteiger partial charge in [-0.25, -0.2) is 0 Å². The number of hydrogen-bond acceptors (Lipinski definition) is 0. The Bertz CT molecular complexity index is 439. The molecule has 0 bridgehead atoms. The highest BCUT2D eigenvalue weighted by Crippen LogP contribution is 2.61. The van der Waals surface area contributed by atoms with Gasteiger partial charge < -0.3 is 17.3 Å². The minimum atomic E-state index is -6.00. The lowest BCUT2D eigenvalue weighted by Crippen LogP contribution is -2.07. The molecule has 1 rings (SSSR count). The van der Waals surface area contributed by atoms with Crippen molar-refractivity contribution in [1.29, 1.82) is 0 Å². The van der Waals surface area contributed by atoms with Crippen molar-refractivity contribution in [3.8, 4) is 0 Å². The molecule has 0 aliphatic rings. The summed E-state index contributed by atoms with van der Waals surface area (Å²) in [5.41, 5.74) is 1.42. The van der Waals surface area contributed by atoms with Crippen LogP contribution in [0.5, 0.6) is 0 Å². The maximum atomic E-state index is 9.75. The largest absolute Gasteiger partial charge is 0.673 e. The van der Waals surface area contributed by atoms with Crippen LogP contribution in [0.2, 0.25) is 0 Å². The minimum Gasteiger partial charge on any atom is -0.418 e. The SMILES string of the molecule is C=C.C=CC[P+](CC=C)(CC=C)Cc1ccccc1.F[B-](F)(F)F. The Morgan fingerprint density at radius 2 is 1.12 bits per heavy atom. The third-order valence-electron chi connectivity index (χ3n) is 2.91. The second-order valence-electron chi connectivity index (χ2n) is 4.89. The maximum Gasteiger partial charge on any atom is 0.673 e. The zero-order valence-electron chi connectivity index (χ0n) is 14.0. The molecule has 24 heavy (non-hydrogen) atoms. The standard InChI is InChI=1S/C16H22P.C2H4.BF4/c1-4-12-17(13-5-2,14-6-3)15-16-10-8-7-9-11-16;1-2;2-1(3,4)5/h4-11H,1-3,12-15H2;1-2H2;/q+1;;-1. The molecule has 1 aromatic carbocycles. The number of rotatable bonds is 8. The van der Waals surface area contributed by atoms with Crippen LogP contribution in [0.1, 0.15) is 5.56 Å². The van der Waals surface area contributed by atoms with Crippen LogP contribution < -0.4 is 0 Å². The van der Waals surface area contributed by atoms with Gasteiger partial charge in [0.2, 0.25) is 0 Å². The molecular formula is C18H26BF4P. The normalized spacial score (nSPS) is 10.3. The summed E-state index contributed by atoms with van der Waals surface area (Å²) in [6.45, 7) is 17.7. The number of allylic oxidation sites excluding steroid dienone is 3. The van der Waals surface area contributed by atoms with Crippen LogP contribution in [0, 0.1) is 0 Å². The van der Waals surface area contributed by atoms with E-state index in [1.807, 2.05) is 0 Å². The first-order valence-corrected chi connectivity index (χ1v) is 9.88. The predicted molar refractivity (Wildman–Crippen MR) is 104 cm³/mol. The summed E-state index contributed by atoms with van der Waals surface area (Å²) < 4.78 is 39.0. The van der Waals surface area contributed by atoms with Crippen molar-refractivity contribution in [2.45, 2.75) is 6.16 Å². The molecule has 0 unspecified atom stereocenters. The van der Waals surface area contributed by atoms with E-state index in [-0.39, 0.29) is 0 Å². The van der Waals surface area contributed by atoms with Gasteiger partial charge in [-0.2, -0.15) is 0 Å². The summed E-state index contributed by atoms with van der Waals surface area (Å²) in [6.07, 6.45) is 10.7. The third kappa shape index (κ3) is 14.0. The molecule has 0 aromatic heterocycles. The molecule has 0 aliphatic carbocycles. The first-order chi connectivity index (χ1) is 11.3. The van der Waals surface area contributed by atoms with Crippen molar-refractivity contribution in [2.75, 3.05) is 18.5 Å². The van der Waals surface area contributed by atoms with E-state index in [9.17, 15) is 17.3 Å². The smallest absolute Gasteiger partial charge is 0.418 e. The highest BCUT2D eigenvalue weighted by Gasteiger charge is 2.33. The Hall–Kier alpha value is -1.61. The molecule has 0 amide bonds. The third-order valence-corrected chi connectivity index (χ3v) is 7.04. The molecule has 1 aromatic rings. The molecule has 0 nitrogen and oxygen atoms in total. The van der Waals surface area contributed by atoms with Gasteiger partial charge in [-0.3, -0.25) is 0 Å². The van der Waals surface area contributed by atoms with Gasteiger partial charge in [-0.05, 0) is 5.56 Å². The van der Waals surface area contributed by atoms with Crippen molar-refractivity contribution in [3.63, 3.8) is 0 Å². The van der Waals surface area contributed by atoms with Crippen LogP contribution in [0.4, 0.5) is 17.3 Å². The Labute approximate surface area is 144 Å². The zero-order valence-corrected chi connectivity index (χ0v) is 14.9. The van der Waals surface area contributed by atoms with Gasteiger partial charge in [0.05, 0.1) is 24.6 Å². The van der Waals surface area contributed by atoms with Gasteiger partial charge in [0.25, 0.3) is 0 Å². The lowest BCUT2D eigenvalue weighted by Gasteiger charge is -2.24. The van der Waals surface area contributed by atoms with Crippen LogP contribution >= 0.6 is 7.26 Å². The van der Waals surface area contributed by atoms with E-state index in [2.05, 4.69) is 81.5 Å². The summed E-state index contributed by atoms with van der Waals surface area (Å²) >= 11 is 0. The van der Waals surface area contributed by atoms with Crippen molar-refractivity contribution in [2.24, 2.45) is 0 Å². The fourth-order valence-electron chi connectivity index (χ4n) is 2.21. The molecule has 0 aliphatic heterocycles. The molecule has 0 heterocycles. The fraction of sp³-hybridized carbons (Fsp3) is 0.222.